The lowest BCUT2D eigenvalue weighted by molar-refractivity contribution is -0.138. The van der Waals surface area contributed by atoms with Crippen molar-refractivity contribution >= 4 is 5.91 Å². The molecule has 0 radical (unpaired) electrons. The van der Waals surface area contributed by atoms with Crippen LogP contribution in [-0.2, 0) is 17.8 Å². The maximum absolute atomic E-state index is 13.1. The van der Waals surface area contributed by atoms with E-state index >= 15 is 0 Å². The minimum absolute atomic E-state index is 0.327. The van der Waals surface area contributed by atoms with Crippen molar-refractivity contribution in [2.45, 2.75) is 76.7 Å². The van der Waals surface area contributed by atoms with Crippen LogP contribution in [0.1, 0.15) is 75.4 Å². The van der Waals surface area contributed by atoms with E-state index in [-0.39, 0.29) is 0 Å². The van der Waals surface area contributed by atoms with Crippen LogP contribution >= 0.6 is 0 Å². The molecule has 1 aromatic heterocycles. The van der Waals surface area contributed by atoms with Crippen molar-refractivity contribution in [2.24, 2.45) is 17.8 Å². The summed E-state index contributed by atoms with van der Waals surface area (Å²) in [7, 11) is 0. The Kier molecular flexibility index (Phi) is 4.05. The minimum atomic E-state index is 0.327. The summed E-state index contributed by atoms with van der Waals surface area (Å²) < 4.78 is 2.38. The molecule has 5 nitrogen and oxygen atoms in total. The third-order valence-corrected chi connectivity index (χ3v) is 7.29. The summed E-state index contributed by atoms with van der Waals surface area (Å²) in [5.41, 5.74) is 0. The van der Waals surface area contributed by atoms with Crippen LogP contribution in [0.25, 0.3) is 0 Å². The van der Waals surface area contributed by atoms with Gasteiger partial charge in [0.1, 0.15) is 11.6 Å². The van der Waals surface area contributed by atoms with Gasteiger partial charge in [0.2, 0.25) is 5.91 Å². The summed E-state index contributed by atoms with van der Waals surface area (Å²) in [6, 6.07) is 0. The van der Waals surface area contributed by atoms with Gasteiger partial charge in [0, 0.05) is 37.9 Å². The molecule has 2 aliphatic heterocycles. The number of aromatic nitrogens is 3. The van der Waals surface area contributed by atoms with Gasteiger partial charge < -0.3 is 9.47 Å². The second-order valence-electron chi connectivity index (χ2n) is 8.84. The Morgan fingerprint density at radius 3 is 2.76 bits per heavy atom. The van der Waals surface area contributed by atoms with Crippen molar-refractivity contribution in [1.82, 2.24) is 19.7 Å². The molecule has 2 saturated carbocycles. The molecule has 5 heteroatoms. The molecule has 5 rings (SSSR count). The standard InChI is InChI=1S/C20H30N4O/c25-20(17-12-14-7-8-15(17)11-14)23-9-4-5-16(13-23)19-22-21-18-6-2-1-3-10-24(18)19/h14-17H,1-13H2/t14-,15-,16-,17+/m1/s1. The summed E-state index contributed by atoms with van der Waals surface area (Å²) >= 11 is 0. The first kappa shape index (κ1) is 15.8. The third-order valence-electron chi connectivity index (χ3n) is 7.29. The van der Waals surface area contributed by atoms with Gasteiger partial charge in [-0.25, -0.2) is 0 Å². The van der Waals surface area contributed by atoms with E-state index in [2.05, 4.69) is 19.7 Å². The molecule has 3 heterocycles. The number of carbonyl (C=O) groups is 1. The second-order valence-corrected chi connectivity index (χ2v) is 8.84. The molecule has 0 aromatic carbocycles. The summed E-state index contributed by atoms with van der Waals surface area (Å²) in [6.07, 6.45) is 12.2. The van der Waals surface area contributed by atoms with Crippen LogP contribution in [-0.4, -0.2) is 38.7 Å². The van der Waals surface area contributed by atoms with Crippen molar-refractivity contribution in [3.05, 3.63) is 11.6 Å². The van der Waals surface area contributed by atoms with Crippen LogP contribution in [0.15, 0.2) is 0 Å². The Labute approximate surface area is 150 Å². The lowest BCUT2D eigenvalue weighted by Gasteiger charge is -2.35. The number of fused-ring (bicyclic) bond motifs is 3. The molecule has 136 valence electrons. The number of aryl methyl sites for hydroxylation is 1. The van der Waals surface area contributed by atoms with Crippen molar-refractivity contribution < 1.29 is 4.79 Å². The highest BCUT2D eigenvalue weighted by Crippen LogP contribution is 2.49. The smallest absolute Gasteiger partial charge is 0.225 e. The van der Waals surface area contributed by atoms with E-state index in [0.29, 0.717) is 23.7 Å². The van der Waals surface area contributed by atoms with Crippen LogP contribution in [0.2, 0.25) is 0 Å². The molecule has 0 spiro atoms. The highest BCUT2D eigenvalue weighted by Gasteiger charge is 2.45. The molecule has 1 saturated heterocycles. The fourth-order valence-electron chi connectivity index (χ4n) is 5.98. The van der Waals surface area contributed by atoms with Crippen LogP contribution in [0, 0.1) is 17.8 Å². The van der Waals surface area contributed by atoms with E-state index in [1.165, 1.54) is 44.3 Å². The maximum atomic E-state index is 13.1. The normalized spacial score (nSPS) is 34.8. The number of hydrogen-bond donors (Lipinski definition) is 0. The number of nitrogens with zero attached hydrogens (tertiary/aromatic N) is 4. The Morgan fingerprint density at radius 1 is 0.960 bits per heavy atom. The first-order chi connectivity index (χ1) is 12.3. The van der Waals surface area contributed by atoms with Gasteiger partial charge >= 0.3 is 0 Å². The van der Waals surface area contributed by atoms with Gasteiger partial charge in [-0.1, -0.05) is 12.8 Å². The fourth-order valence-corrected chi connectivity index (χ4v) is 5.98. The molecule has 2 aliphatic carbocycles. The van der Waals surface area contributed by atoms with E-state index in [9.17, 15) is 4.79 Å². The third kappa shape index (κ3) is 2.80. The Morgan fingerprint density at radius 2 is 1.92 bits per heavy atom. The van der Waals surface area contributed by atoms with Crippen molar-refractivity contribution in [3.63, 3.8) is 0 Å². The first-order valence-electron chi connectivity index (χ1n) is 10.5. The molecule has 0 N–H and O–H groups in total. The zero-order valence-corrected chi connectivity index (χ0v) is 15.2. The molecule has 1 amide bonds. The monoisotopic (exact) mass is 342 g/mol. The van der Waals surface area contributed by atoms with Gasteiger partial charge in [0.15, 0.2) is 0 Å². The van der Waals surface area contributed by atoms with Gasteiger partial charge in [-0.2, -0.15) is 0 Å². The number of likely N-dealkylation sites (tertiary alicyclic amines) is 1. The molecule has 3 fully saturated rings. The summed E-state index contributed by atoms with van der Waals surface area (Å²) in [6.45, 7) is 2.88. The van der Waals surface area contributed by atoms with E-state index in [1.807, 2.05) is 0 Å². The zero-order chi connectivity index (χ0) is 16.8. The molecule has 4 aliphatic rings. The molecule has 1 aromatic rings. The number of carbonyl (C=O) groups excluding carboxylic acids is 1. The Hall–Kier alpha value is -1.39. The quantitative estimate of drug-likeness (QED) is 0.829. The van der Waals surface area contributed by atoms with Gasteiger partial charge in [0.05, 0.1) is 0 Å². The molecule has 2 bridgehead atoms. The number of amides is 1. The summed E-state index contributed by atoms with van der Waals surface area (Å²) in [4.78, 5) is 15.3. The Bertz CT molecular complexity index is 654. The van der Waals surface area contributed by atoms with E-state index in [4.69, 9.17) is 0 Å². The summed E-state index contributed by atoms with van der Waals surface area (Å²) in [5, 5.41) is 9.05. The predicted molar refractivity (Wildman–Crippen MR) is 95.1 cm³/mol. The van der Waals surface area contributed by atoms with Crippen molar-refractivity contribution in [1.29, 1.82) is 0 Å². The topological polar surface area (TPSA) is 51.0 Å². The van der Waals surface area contributed by atoms with Gasteiger partial charge in [-0.05, 0) is 56.8 Å². The average Bonchev–Trinajstić information content (AvgIpc) is 3.34. The van der Waals surface area contributed by atoms with E-state index in [0.717, 1.165) is 57.1 Å². The van der Waals surface area contributed by atoms with Crippen molar-refractivity contribution in [3.8, 4) is 0 Å². The largest absolute Gasteiger partial charge is 0.342 e. The molecular weight excluding hydrogens is 312 g/mol. The van der Waals surface area contributed by atoms with Crippen LogP contribution in [0.5, 0.6) is 0 Å². The molecular formula is C20H30N4O. The highest BCUT2D eigenvalue weighted by atomic mass is 16.2. The number of piperidine rings is 1. The number of hydrogen-bond acceptors (Lipinski definition) is 3. The number of rotatable bonds is 2. The van der Waals surface area contributed by atoms with Gasteiger partial charge in [0.25, 0.3) is 0 Å². The minimum Gasteiger partial charge on any atom is -0.342 e. The summed E-state index contributed by atoms with van der Waals surface area (Å²) in [5.74, 6) is 5.01. The Balaban J connectivity index is 1.31. The van der Waals surface area contributed by atoms with Gasteiger partial charge in [-0.3, -0.25) is 4.79 Å². The van der Waals surface area contributed by atoms with E-state index < -0.39 is 0 Å². The first-order valence-corrected chi connectivity index (χ1v) is 10.5. The lowest BCUT2D eigenvalue weighted by atomic mass is 9.86. The molecule has 25 heavy (non-hydrogen) atoms. The predicted octanol–water partition coefficient (Wildman–Crippen LogP) is 3.15. The van der Waals surface area contributed by atoms with Crippen LogP contribution < -0.4 is 0 Å². The van der Waals surface area contributed by atoms with Crippen molar-refractivity contribution in [2.75, 3.05) is 13.1 Å². The van der Waals surface area contributed by atoms with E-state index in [1.54, 1.807) is 0 Å². The zero-order valence-electron chi connectivity index (χ0n) is 15.2. The molecule has 0 unspecified atom stereocenters. The second kappa shape index (κ2) is 6.40. The van der Waals surface area contributed by atoms with Gasteiger partial charge in [-0.15, -0.1) is 10.2 Å². The SMILES string of the molecule is O=C([C@H]1C[C@@H]2CC[C@@H]1C2)N1CCC[C@@H](c2nnc3n2CCCCC3)C1. The molecule has 4 atom stereocenters. The average molecular weight is 342 g/mol. The highest BCUT2D eigenvalue weighted by molar-refractivity contribution is 5.80. The maximum Gasteiger partial charge on any atom is 0.225 e. The lowest BCUT2D eigenvalue weighted by Crippen LogP contribution is -2.44. The van der Waals surface area contributed by atoms with Crippen LogP contribution in [0.3, 0.4) is 0 Å². The van der Waals surface area contributed by atoms with Crippen LogP contribution in [0.4, 0.5) is 0 Å². The fraction of sp³-hybridized carbons (Fsp3) is 0.850.